The third kappa shape index (κ3) is 3.14. The first-order valence-electron chi connectivity index (χ1n) is 6.45. The monoisotopic (exact) mass is 276 g/mol. The number of hydrogen-bond acceptors (Lipinski definition) is 3. The van der Waals surface area contributed by atoms with Gasteiger partial charge in [-0.05, 0) is 30.2 Å². The Morgan fingerprint density at radius 1 is 1.45 bits per heavy atom. The zero-order chi connectivity index (χ0) is 14.7. The number of carbonyl (C=O) groups excluding carboxylic acids is 2. The van der Waals surface area contributed by atoms with E-state index >= 15 is 0 Å². The molecular formula is C14H16N2O4. The summed E-state index contributed by atoms with van der Waals surface area (Å²) in [5, 5.41) is 14.1. The molecule has 0 fully saturated rings. The van der Waals surface area contributed by atoms with E-state index in [1.165, 1.54) is 0 Å². The number of carbonyl (C=O) groups is 3. The van der Waals surface area contributed by atoms with Gasteiger partial charge in [-0.25, -0.2) is 0 Å². The van der Waals surface area contributed by atoms with Gasteiger partial charge in [0.2, 0.25) is 5.91 Å². The van der Waals surface area contributed by atoms with E-state index in [1.807, 2.05) is 6.92 Å². The fraction of sp³-hybridized carbons (Fsp3) is 0.357. The van der Waals surface area contributed by atoms with E-state index in [1.54, 1.807) is 18.2 Å². The highest BCUT2D eigenvalue weighted by molar-refractivity contribution is 6.01. The number of amides is 2. The molecule has 1 atom stereocenters. The van der Waals surface area contributed by atoms with Crippen LogP contribution < -0.4 is 10.6 Å². The van der Waals surface area contributed by atoms with E-state index in [-0.39, 0.29) is 24.7 Å². The molecule has 0 saturated heterocycles. The Hall–Kier alpha value is -2.37. The van der Waals surface area contributed by atoms with Crippen LogP contribution in [0.15, 0.2) is 18.2 Å². The molecule has 0 aliphatic carbocycles. The van der Waals surface area contributed by atoms with E-state index in [4.69, 9.17) is 5.11 Å². The largest absolute Gasteiger partial charge is 0.481 e. The molecule has 106 valence electrons. The normalized spacial score (nSPS) is 14.3. The van der Waals surface area contributed by atoms with Gasteiger partial charge >= 0.3 is 5.97 Å². The average Bonchev–Trinajstić information content (AvgIpc) is 2.76. The minimum Gasteiger partial charge on any atom is -0.481 e. The van der Waals surface area contributed by atoms with Crippen molar-refractivity contribution in [2.75, 3.05) is 5.32 Å². The topological polar surface area (TPSA) is 95.5 Å². The van der Waals surface area contributed by atoms with Gasteiger partial charge < -0.3 is 15.7 Å². The maximum Gasteiger partial charge on any atom is 0.305 e. The standard InChI is InChI=1S/C14H16N2O4/c1-2-10(7-13(18)19)15-14(20)8-3-4-11-9(5-8)6-12(17)16-11/h3-5,10H,2,6-7H2,1H3,(H,15,20)(H,16,17)(H,18,19). The summed E-state index contributed by atoms with van der Waals surface area (Å²) in [7, 11) is 0. The lowest BCUT2D eigenvalue weighted by atomic mass is 10.1. The number of benzene rings is 1. The van der Waals surface area contributed by atoms with Crippen molar-refractivity contribution in [3.63, 3.8) is 0 Å². The maximum atomic E-state index is 12.1. The molecule has 0 aromatic heterocycles. The van der Waals surface area contributed by atoms with Crippen molar-refractivity contribution in [3.05, 3.63) is 29.3 Å². The first-order chi connectivity index (χ1) is 9.49. The lowest BCUT2D eigenvalue weighted by Crippen LogP contribution is -2.36. The van der Waals surface area contributed by atoms with Crippen LogP contribution in [0.4, 0.5) is 5.69 Å². The molecule has 1 heterocycles. The van der Waals surface area contributed by atoms with Crippen molar-refractivity contribution in [2.24, 2.45) is 0 Å². The minimum absolute atomic E-state index is 0.0881. The molecule has 0 bridgehead atoms. The first-order valence-corrected chi connectivity index (χ1v) is 6.45. The Labute approximate surface area is 116 Å². The molecule has 2 amide bonds. The van der Waals surface area contributed by atoms with Crippen molar-refractivity contribution in [3.8, 4) is 0 Å². The third-order valence-electron chi connectivity index (χ3n) is 3.24. The van der Waals surface area contributed by atoms with Crippen LogP contribution >= 0.6 is 0 Å². The van der Waals surface area contributed by atoms with E-state index in [0.717, 1.165) is 11.3 Å². The van der Waals surface area contributed by atoms with Gasteiger partial charge in [0, 0.05) is 17.3 Å². The van der Waals surface area contributed by atoms with Crippen LogP contribution in [-0.2, 0) is 16.0 Å². The Kier molecular flexibility index (Phi) is 4.02. The second-order valence-electron chi connectivity index (χ2n) is 4.77. The fourth-order valence-corrected chi connectivity index (χ4v) is 2.15. The van der Waals surface area contributed by atoms with E-state index in [2.05, 4.69) is 10.6 Å². The fourth-order valence-electron chi connectivity index (χ4n) is 2.15. The second kappa shape index (κ2) is 5.73. The van der Waals surface area contributed by atoms with Crippen molar-refractivity contribution in [1.29, 1.82) is 0 Å². The molecule has 20 heavy (non-hydrogen) atoms. The van der Waals surface area contributed by atoms with Gasteiger partial charge in [-0.1, -0.05) is 6.92 Å². The van der Waals surface area contributed by atoms with Crippen LogP contribution in [0, 0.1) is 0 Å². The molecule has 1 aromatic carbocycles. The van der Waals surface area contributed by atoms with E-state index in [0.29, 0.717) is 12.0 Å². The number of fused-ring (bicyclic) bond motifs is 1. The minimum atomic E-state index is -0.944. The second-order valence-corrected chi connectivity index (χ2v) is 4.77. The molecule has 0 radical (unpaired) electrons. The number of rotatable bonds is 5. The summed E-state index contributed by atoms with van der Waals surface area (Å²) in [6.07, 6.45) is 0.707. The first kappa shape index (κ1) is 14.0. The third-order valence-corrected chi connectivity index (χ3v) is 3.24. The molecule has 1 aliphatic heterocycles. The van der Waals surface area contributed by atoms with Crippen LogP contribution in [0.2, 0.25) is 0 Å². The highest BCUT2D eigenvalue weighted by Gasteiger charge is 2.20. The summed E-state index contributed by atoms with van der Waals surface area (Å²) in [5.41, 5.74) is 1.95. The van der Waals surface area contributed by atoms with Crippen molar-refractivity contribution in [1.82, 2.24) is 5.32 Å². The molecule has 1 aromatic rings. The zero-order valence-electron chi connectivity index (χ0n) is 11.1. The molecule has 1 aliphatic rings. The number of anilines is 1. The average molecular weight is 276 g/mol. The highest BCUT2D eigenvalue weighted by atomic mass is 16.4. The molecule has 3 N–H and O–H groups in total. The zero-order valence-corrected chi connectivity index (χ0v) is 11.1. The predicted octanol–water partition coefficient (Wildman–Crippen LogP) is 1.16. The quantitative estimate of drug-likeness (QED) is 0.752. The number of carboxylic acid groups (broad SMARTS) is 1. The lowest BCUT2D eigenvalue weighted by Gasteiger charge is -2.15. The van der Waals surface area contributed by atoms with Gasteiger partial charge in [0.05, 0.1) is 12.8 Å². The van der Waals surface area contributed by atoms with E-state index in [9.17, 15) is 14.4 Å². The molecule has 6 nitrogen and oxygen atoms in total. The van der Waals surface area contributed by atoms with Crippen molar-refractivity contribution in [2.45, 2.75) is 32.2 Å². The molecule has 6 heteroatoms. The maximum absolute atomic E-state index is 12.1. The van der Waals surface area contributed by atoms with Gasteiger partial charge in [-0.3, -0.25) is 14.4 Å². The van der Waals surface area contributed by atoms with Crippen LogP contribution in [0.25, 0.3) is 0 Å². The van der Waals surface area contributed by atoms with Crippen LogP contribution in [0.1, 0.15) is 35.7 Å². The molecule has 1 unspecified atom stereocenters. The van der Waals surface area contributed by atoms with E-state index < -0.39 is 12.0 Å². The number of hydrogen-bond donors (Lipinski definition) is 3. The number of nitrogens with one attached hydrogen (secondary N) is 2. The molecule has 0 spiro atoms. The van der Waals surface area contributed by atoms with Crippen molar-refractivity contribution < 1.29 is 19.5 Å². The van der Waals surface area contributed by atoms with Crippen LogP contribution in [0.3, 0.4) is 0 Å². The SMILES string of the molecule is CCC(CC(=O)O)NC(=O)c1ccc2c(c1)CC(=O)N2. The smallest absolute Gasteiger partial charge is 0.305 e. The summed E-state index contributed by atoms with van der Waals surface area (Å²) < 4.78 is 0. The highest BCUT2D eigenvalue weighted by Crippen LogP contribution is 2.23. The van der Waals surface area contributed by atoms with Gasteiger partial charge in [0.1, 0.15) is 0 Å². The Balaban J connectivity index is 2.08. The molecule has 2 rings (SSSR count). The molecular weight excluding hydrogens is 260 g/mol. The number of aliphatic carboxylic acids is 1. The van der Waals surface area contributed by atoms with Crippen LogP contribution in [0.5, 0.6) is 0 Å². The number of carboxylic acids is 1. The van der Waals surface area contributed by atoms with Gasteiger partial charge in [-0.15, -0.1) is 0 Å². The summed E-state index contributed by atoms with van der Waals surface area (Å²) >= 11 is 0. The van der Waals surface area contributed by atoms with Crippen LogP contribution in [-0.4, -0.2) is 28.9 Å². The Morgan fingerprint density at radius 3 is 2.85 bits per heavy atom. The summed E-state index contributed by atoms with van der Waals surface area (Å²) in [4.78, 5) is 34.0. The van der Waals surface area contributed by atoms with Gasteiger partial charge in [0.25, 0.3) is 5.91 Å². The molecule has 0 saturated carbocycles. The summed E-state index contributed by atoms with van der Waals surface area (Å²) in [5.74, 6) is -1.35. The Bertz CT molecular complexity index is 568. The van der Waals surface area contributed by atoms with Gasteiger partial charge in [-0.2, -0.15) is 0 Å². The predicted molar refractivity (Wildman–Crippen MR) is 72.6 cm³/mol. The summed E-state index contributed by atoms with van der Waals surface area (Å²) in [6.45, 7) is 1.82. The Morgan fingerprint density at radius 2 is 2.20 bits per heavy atom. The van der Waals surface area contributed by atoms with Crippen molar-refractivity contribution >= 4 is 23.5 Å². The lowest BCUT2D eigenvalue weighted by molar-refractivity contribution is -0.137. The summed E-state index contributed by atoms with van der Waals surface area (Å²) in [6, 6.07) is 4.57. The van der Waals surface area contributed by atoms with Gasteiger partial charge in [0.15, 0.2) is 0 Å².